The van der Waals surface area contributed by atoms with Gasteiger partial charge in [0.2, 0.25) is 0 Å². The van der Waals surface area contributed by atoms with Crippen LogP contribution in [0, 0.1) is 0 Å². The number of hydrogen-bond acceptors (Lipinski definition) is 4. The smallest absolute Gasteiger partial charge is 0.303 e. The zero-order valence-corrected chi connectivity index (χ0v) is 15.5. The highest BCUT2D eigenvalue weighted by molar-refractivity contribution is 5.84. The molecule has 1 aromatic heterocycles. The number of carbonyl (C=O) groups excluding carboxylic acids is 1. The number of carbonyl (C=O) groups is 2. The summed E-state index contributed by atoms with van der Waals surface area (Å²) in [5, 5.41) is 11.3. The molecular formula is C21H24N2O4. The fourth-order valence-electron chi connectivity index (χ4n) is 2.31. The third-order valence-corrected chi connectivity index (χ3v) is 3.83. The number of ether oxygens (including phenoxy) is 1. The number of aliphatic carboxylic acids is 1. The van der Waals surface area contributed by atoms with E-state index in [4.69, 9.17) is 9.84 Å². The van der Waals surface area contributed by atoms with E-state index in [-0.39, 0.29) is 12.3 Å². The highest BCUT2D eigenvalue weighted by Gasteiger charge is 2.29. The van der Waals surface area contributed by atoms with Crippen LogP contribution in [0.15, 0.2) is 48.8 Å². The van der Waals surface area contributed by atoms with Gasteiger partial charge in [0.05, 0.1) is 0 Å². The van der Waals surface area contributed by atoms with Crippen LogP contribution < -0.4 is 10.1 Å². The van der Waals surface area contributed by atoms with E-state index in [1.54, 1.807) is 26.2 Å². The molecule has 0 fully saturated rings. The fourth-order valence-corrected chi connectivity index (χ4v) is 2.31. The van der Waals surface area contributed by atoms with Gasteiger partial charge in [-0.05, 0) is 55.7 Å². The molecule has 6 nitrogen and oxygen atoms in total. The van der Waals surface area contributed by atoms with Crippen LogP contribution >= 0.6 is 0 Å². The molecule has 0 atom stereocenters. The molecule has 0 saturated heterocycles. The summed E-state index contributed by atoms with van der Waals surface area (Å²) in [6.07, 6.45) is 7.87. The van der Waals surface area contributed by atoms with Crippen molar-refractivity contribution in [1.29, 1.82) is 0 Å². The second-order valence-electron chi connectivity index (χ2n) is 6.55. The lowest BCUT2D eigenvalue weighted by atomic mass is 10.1. The molecule has 0 aliphatic rings. The summed E-state index contributed by atoms with van der Waals surface area (Å²) in [6.45, 7) is 3.66. The molecule has 0 spiro atoms. The minimum atomic E-state index is -1.06. The highest BCUT2D eigenvalue weighted by Crippen LogP contribution is 2.20. The maximum absolute atomic E-state index is 12.2. The summed E-state index contributed by atoms with van der Waals surface area (Å²) in [6, 6.07) is 11.3. The minimum absolute atomic E-state index is 0.0238. The lowest BCUT2D eigenvalue weighted by molar-refractivity contribution is -0.138. The van der Waals surface area contributed by atoms with Crippen molar-refractivity contribution < 1.29 is 19.4 Å². The number of carboxylic acids is 1. The van der Waals surface area contributed by atoms with Crippen LogP contribution in [-0.2, 0) is 9.59 Å². The van der Waals surface area contributed by atoms with Crippen LogP contribution in [0.25, 0.3) is 12.2 Å². The number of benzene rings is 1. The number of hydrogen-bond donors (Lipinski definition) is 2. The van der Waals surface area contributed by atoms with Gasteiger partial charge in [0, 0.05) is 25.4 Å². The summed E-state index contributed by atoms with van der Waals surface area (Å²) in [5.74, 6) is -0.575. The van der Waals surface area contributed by atoms with E-state index >= 15 is 0 Å². The molecular weight excluding hydrogens is 344 g/mol. The number of rotatable bonds is 9. The minimum Gasteiger partial charge on any atom is -0.481 e. The van der Waals surface area contributed by atoms with Crippen LogP contribution in [0.2, 0.25) is 0 Å². The summed E-state index contributed by atoms with van der Waals surface area (Å²) in [7, 11) is 0. The Morgan fingerprint density at radius 1 is 1.07 bits per heavy atom. The Bertz CT molecular complexity index is 784. The topological polar surface area (TPSA) is 88.5 Å². The Morgan fingerprint density at radius 3 is 2.26 bits per heavy atom. The van der Waals surface area contributed by atoms with Gasteiger partial charge in [0.25, 0.3) is 5.91 Å². The van der Waals surface area contributed by atoms with Gasteiger partial charge in [-0.3, -0.25) is 14.6 Å². The molecule has 2 N–H and O–H groups in total. The lowest BCUT2D eigenvalue weighted by Crippen LogP contribution is -2.46. The normalized spacial score (nSPS) is 11.3. The van der Waals surface area contributed by atoms with Crippen molar-refractivity contribution in [2.24, 2.45) is 0 Å². The number of nitrogens with one attached hydrogen (secondary N) is 1. The molecule has 27 heavy (non-hydrogen) atoms. The van der Waals surface area contributed by atoms with Crippen molar-refractivity contribution in [3.63, 3.8) is 0 Å². The Hall–Kier alpha value is -3.15. The quantitative estimate of drug-likeness (QED) is 0.662. The molecule has 0 bridgehead atoms. The first-order valence-corrected chi connectivity index (χ1v) is 8.74. The third-order valence-electron chi connectivity index (χ3n) is 3.83. The first-order valence-electron chi connectivity index (χ1n) is 8.74. The predicted octanol–water partition coefficient (Wildman–Crippen LogP) is 3.39. The van der Waals surface area contributed by atoms with Crippen molar-refractivity contribution in [3.05, 3.63) is 59.9 Å². The van der Waals surface area contributed by atoms with E-state index in [1.807, 2.05) is 48.6 Å². The van der Waals surface area contributed by atoms with E-state index in [9.17, 15) is 9.59 Å². The van der Waals surface area contributed by atoms with Crippen LogP contribution in [0.3, 0.4) is 0 Å². The van der Waals surface area contributed by atoms with E-state index < -0.39 is 11.6 Å². The molecule has 142 valence electrons. The standard InChI is InChI=1S/C21H24N2O4/c1-21(2,20(26)23-13-3-4-19(24)25)27-18-9-7-16(8-10-18)5-6-17-11-14-22-15-12-17/h5-12,14-15H,3-4,13H2,1-2H3,(H,23,26)(H,24,25)/b6-5+. The van der Waals surface area contributed by atoms with Gasteiger partial charge in [-0.1, -0.05) is 24.3 Å². The number of nitrogens with zero attached hydrogens (tertiary/aromatic N) is 1. The number of carboxylic acid groups (broad SMARTS) is 1. The average Bonchev–Trinajstić information content (AvgIpc) is 2.65. The monoisotopic (exact) mass is 368 g/mol. The van der Waals surface area contributed by atoms with E-state index in [1.165, 1.54) is 0 Å². The SMILES string of the molecule is CC(C)(Oc1ccc(/C=C/c2ccncc2)cc1)C(=O)NCCCC(=O)O. The summed E-state index contributed by atoms with van der Waals surface area (Å²) >= 11 is 0. The molecule has 0 radical (unpaired) electrons. The largest absolute Gasteiger partial charge is 0.481 e. The second kappa shape index (κ2) is 9.52. The van der Waals surface area contributed by atoms with Crippen LogP contribution in [-0.4, -0.2) is 34.1 Å². The third kappa shape index (κ3) is 6.93. The average molecular weight is 368 g/mol. The maximum Gasteiger partial charge on any atom is 0.303 e. The van der Waals surface area contributed by atoms with E-state index in [0.717, 1.165) is 11.1 Å². The van der Waals surface area contributed by atoms with E-state index in [2.05, 4.69) is 10.3 Å². The molecule has 6 heteroatoms. The molecule has 0 saturated carbocycles. The van der Waals surface area contributed by atoms with Crippen molar-refractivity contribution in [2.45, 2.75) is 32.3 Å². The number of amides is 1. The van der Waals surface area contributed by atoms with Crippen LogP contribution in [0.4, 0.5) is 0 Å². The Labute approximate surface area is 158 Å². The van der Waals surface area contributed by atoms with Gasteiger partial charge in [-0.2, -0.15) is 0 Å². The molecule has 2 aromatic rings. The van der Waals surface area contributed by atoms with Crippen LogP contribution in [0.1, 0.15) is 37.8 Å². The van der Waals surface area contributed by atoms with Gasteiger partial charge >= 0.3 is 5.97 Å². The summed E-state index contributed by atoms with van der Waals surface area (Å²) in [4.78, 5) is 26.7. The lowest BCUT2D eigenvalue weighted by Gasteiger charge is -2.25. The number of aromatic nitrogens is 1. The molecule has 0 unspecified atom stereocenters. The highest BCUT2D eigenvalue weighted by atomic mass is 16.5. The summed E-state index contributed by atoms with van der Waals surface area (Å²) in [5.41, 5.74) is 1.01. The van der Waals surface area contributed by atoms with Gasteiger partial charge in [-0.15, -0.1) is 0 Å². The zero-order chi connectivity index (χ0) is 19.7. The summed E-state index contributed by atoms with van der Waals surface area (Å²) < 4.78 is 5.80. The van der Waals surface area contributed by atoms with Crippen molar-refractivity contribution in [1.82, 2.24) is 10.3 Å². The maximum atomic E-state index is 12.2. The fraction of sp³-hybridized carbons (Fsp3) is 0.286. The van der Waals surface area contributed by atoms with Crippen molar-refractivity contribution in [3.8, 4) is 5.75 Å². The first-order chi connectivity index (χ1) is 12.9. The molecule has 0 aliphatic carbocycles. The van der Waals surface area contributed by atoms with E-state index in [0.29, 0.717) is 18.7 Å². The molecule has 1 amide bonds. The Kier molecular flexibility index (Phi) is 7.11. The van der Waals surface area contributed by atoms with Gasteiger partial charge < -0.3 is 15.2 Å². The van der Waals surface area contributed by atoms with Crippen molar-refractivity contribution in [2.75, 3.05) is 6.54 Å². The zero-order valence-electron chi connectivity index (χ0n) is 15.5. The first kappa shape index (κ1) is 20.2. The number of pyridine rings is 1. The van der Waals surface area contributed by atoms with Gasteiger partial charge in [0.15, 0.2) is 5.60 Å². The van der Waals surface area contributed by atoms with Crippen LogP contribution in [0.5, 0.6) is 5.75 Å². The molecule has 1 heterocycles. The molecule has 0 aliphatic heterocycles. The second-order valence-corrected chi connectivity index (χ2v) is 6.55. The Morgan fingerprint density at radius 2 is 1.67 bits per heavy atom. The Balaban J connectivity index is 1.89. The molecule has 1 aromatic carbocycles. The molecule has 2 rings (SSSR count). The van der Waals surface area contributed by atoms with Crippen molar-refractivity contribution >= 4 is 24.0 Å². The van der Waals surface area contributed by atoms with Gasteiger partial charge in [0.1, 0.15) is 5.75 Å². The predicted molar refractivity (Wildman–Crippen MR) is 104 cm³/mol. The van der Waals surface area contributed by atoms with Gasteiger partial charge in [-0.25, -0.2) is 0 Å².